The largest absolute Gasteiger partial charge is 0.310 e. The first-order chi connectivity index (χ1) is 25.2. The molecule has 0 radical (unpaired) electrons. The molecule has 0 fully saturated rings. The summed E-state index contributed by atoms with van der Waals surface area (Å²) in [4.78, 5) is 12.2. The number of fused-ring (bicyclic) bond motifs is 8. The second kappa shape index (κ2) is 10.9. The Morgan fingerprint density at radius 1 is 0.519 bits per heavy atom. The summed E-state index contributed by atoms with van der Waals surface area (Å²) in [7, 11) is 0. The zero-order chi connectivity index (χ0) is 35.4. The number of aromatic nitrogens is 4. The van der Waals surface area contributed by atoms with E-state index in [4.69, 9.17) is 9.97 Å². The summed E-state index contributed by atoms with van der Waals surface area (Å²) >= 11 is 0. The topological polar surface area (TPSA) is 38.9 Å². The zero-order valence-electron chi connectivity index (χ0n) is 30.1. The van der Waals surface area contributed by atoms with Gasteiger partial charge < -0.3 is 4.90 Å². The Kier molecular flexibility index (Phi) is 6.42. The van der Waals surface area contributed by atoms with Gasteiger partial charge in [0.15, 0.2) is 0 Å². The lowest BCUT2D eigenvalue weighted by atomic mass is 9.73. The number of nitrogens with zero attached hydrogens (tertiary/aromatic N) is 5. The van der Waals surface area contributed by atoms with Crippen molar-refractivity contribution in [2.24, 2.45) is 0 Å². The van der Waals surface area contributed by atoms with Crippen LogP contribution in [0.15, 0.2) is 146 Å². The van der Waals surface area contributed by atoms with E-state index in [0.717, 1.165) is 45.2 Å². The highest BCUT2D eigenvalue weighted by atomic mass is 15.2. The van der Waals surface area contributed by atoms with Crippen LogP contribution in [0.25, 0.3) is 55.2 Å². The molecule has 9 aromatic rings. The van der Waals surface area contributed by atoms with E-state index in [0.29, 0.717) is 0 Å². The number of hydrogen-bond acceptors (Lipinski definition) is 3. The summed E-state index contributed by atoms with van der Waals surface area (Å²) in [5.74, 6) is 1.91. The van der Waals surface area contributed by atoms with Gasteiger partial charge in [-0.3, -0.25) is 9.13 Å². The van der Waals surface area contributed by atoms with Crippen LogP contribution in [0.2, 0.25) is 0 Å². The molecule has 1 aliphatic heterocycles. The molecule has 0 amide bonds. The molecule has 252 valence electrons. The Morgan fingerprint density at radius 3 is 1.90 bits per heavy atom. The molecule has 5 nitrogen and oxygen atoms in total. The molecule has 0 N–H and O–H groups in total. The fourth-order valence-electron chi connectivity index (χ4n) is 8.47. The molecule has 0 bridgehead atoms. The van der Waals surface area contributed by atoms with Crippen molar-refractivity contribution in [1.29, 1.82) is 0 Å². The van der Waals surface area contributed by atoms with Gasteiger partial charge in [-0.1, -0.05) is 101 Å². The van der Waals surface area contributed by atoms with Crippen LogP contribution in [0.5, 0.6) is 0 Å². The maximum Gasteiger partial charge on any atom is 0.141 e. The van der Waals surface area contributed by atoms with Gasteiger partial charge in [-0.25, -0.2) is 9.97 Å². The van der Waals surface area contributed by atoms with Crippen LogP contribution in [-0.2, 0) is 10.8 Å². The van der Waals surface area contributed by atoms with E-state index >= 15 is 0 Å². The van der Waals surface area contributed by atoms with Crippen molar-refractivity contribution < 1.29 is 0 Å². The SMILES string of the molecule is CC(C)(C)c1cc2c3c(c1)c1ccc(N(c4ccccc4)c4ccc5c6ccccc6n(-c6ccccn6)c5c4)cc1n3-c1ncccc1C2(C)C. The molecule has 0 saturated carbocycles. The van der Waals surface area contributed by atoms with E-state index in [1.54, 1.807) is 0 Å². The maximum absolute atomic E-state index is 5.06. The van der Waals surface area contributed by atoms with E-state index < -0.39 is 0 Å². The van der Waals surface area contributed by atoms with E-state index in [9.17, 15) is 0 Å². The van der Waals surface area contributed by atoms with Gasteiger partial charge in [0.05, 0.1) is 22.1 Å². The van der Waals surface area contributed by atoms with Crippen LogP contribution in [0.4, 0.5) is 17.1 Å². The zero-order valence-corrected chi connectivity index (χ0v) is 30.1. The molecule has 0 unspecified atom stereocenters. The third-order valence-electron chi connectivity index (χ3n) is 11.1. The number of para-hydroxylation sites is 2. The van der Waals surface area contributed by atoms with Crippen molar-refractivity contribution >= 4 is 60.7 Å². The molecule has 10 rings (SSSR count). The summed E-state index contributed by atoms with van der Waals surface area (Å²) in [6.45, 7) is 11.6. The normalized spacial score (nSPS) is 13.6. The van der Waals surface area contributed by atoms with Crippen molar-refractivity contribution in [3.63, 3.8) is 0 Å². The summed E-state index contributed by atoms with van der Waals surface area (Å²) in [6, 6.07) is 48.4. The predicted octanol–water partition coefficient (Wildman–Crippen LogP) is 12.1. The summed E-state index contributed by atoms with van der Waals surface area (Å²) < 4.78 is 4.70. The molecule has 5 heterocycles. The second-order valence-corrected chi connectivity index (χ2v) is 15.6. The lowest BCUT2D eigenvalue weighted by molar-refractivity contribution is 0.581. The van der Waals surface area contributed by atoms with Gasteiger partial charge in [0.2, 0.25) is 0 Å². The first kappa shape index (κ1) is 30.6. The van der Waals surface area contributed by atoms with E-state index in [1.807, 2.05) is 18.5 Å². The molecule has 1 aliphatic rings. The molecule has 0 aliphatic carbocycles. The van der Waals surface area contributed by atoms with E-state index in [1.165, 1.54) is 43.8 Å². The summed E-state index contributed by atoms with van der Waals surface area (Å²) in [5.41, 5.74) is 11.6. The van der Waals surface area contributed by atoms with Crippen molar-refractivity contribution in [1.82, 2.24) is 19.1 Å². The molecule has 0 spiro atoms. The number of hydrogen-bond donors (Lipinski definition) is 0. The fourth-order valence-corrected chi connectivity index (χ4v) is 8.47. The molecule has 5 heteroatoms. The molecule has 5 aromatic carbocycles. The van der Waals surface area contributed by atoms with Crippen molar-refractivity contribution in [3.8, 4) is 11.6 Å². The minimum atomic E-state index is -0.201. The van der Waals surface area contributed by atoms with Crippen molar-refractivity contribution in [3.05, 3.63) is 163 Å². The van der Waals surface area contributed by atoms with Crippen LogP contribution < -0.4 is 4.90 Å². The molecule has 0 atom stereocenters. The van der Waals surface area contributed by atoms with E-state index in [-0.39, 0.29) is 10.8 Å². The van der Waals surface area contributed by atoms with Crippen molar-refractivity contribution in [2.45, 2.75) is 45.4 Å². The Bertz CT molecular complexity index is 2850. The quantitative estimate of drug-likeness (QED) is 0.187. The van der Waals surface area contributed by atoms with Gasteiger partial charge in [0, 0.05) is 62.0 Å². The highest BCUT2D eigenvalue weighted by Crippen LogP contribution is 2.49. The second-order valence-electron chi connectivity index (χ2n) is 15.6. The van der Waals surface area contributed by atoms with Crippen LogP contribution in [0, 0.1) is 0 Å². The number of anilines is 3. The lowest BCUT2D eigenvalue weighted by Gasteiger charge is -2.35. The van der Waals surface area contributed by atoms with Gasteiger partial charge in [-0.05, 0) is 83.3 Å². The maximum atomic E-state index is 5.06. The predicted molar refractivity (Wildman–Crippen MR) is 216 cm³/mol. The van der Waals surface area contributed by atoms with Gasteiger partial charge in [-0.2, -0.15) is 0 Å². The minimum absolute atomic E-state index is 0.00480. The van der Waals surface area contributed by atoms with Crippen LogP contribution in [0.3, 0.4) is 0 Å². The number of benzene rings is 5. The van der Waals surface area contributed by atoms with Crippen LogP contribution in [-0.4, -0.2) is 19.1 Å². The smallest absolute Gasteiger partial charge is 0.141 e. The summed E-state index contributed by atoms with van der Waals surface area (Å²) in [5, 5.41) is 4.92. The molecular weight excluding hydrogens is 635 g/mol. The van der Waals surface area contributed by atoms with Crippen LogP contribution >= 0.6 is 0 Å². The molecule has 4 aromatic heterocycles. The Labute approximate surface area is 303 Å². The average Bonchev–Trinajstić information content (AvgIpc) is 3.67. The molecule has 52 heavy (non-hydrogen) atoms. The van der Waals surface area contributed by atoms with Crippen LogP contribution in [0.1, 0.15) is 51.3 Å². The Balaban J connectivity index is 1.26. The monoisotopic (exact) mass is 673 g/mol. The highest BCUT2D eigenvalue weighted by Gasteiger charge is 2.37. The van der Waals surface area contributed by atoms with Gasteiger partial charge in [-0.15, -0.1) is 0 Å². The van der Waals surface area contributed by atoms with Crippen molar-refractivity contribution in [2.75, 3.05) is 4.90 Å². The highest BCUT2D eigenvalue weighted by molar-refractivity contribution is 6.13. The molecular formula is C47H39N5. The van der Waals surface area contributed by atoms with E-state index in [2.05, 4.69) is 176 Å². The molecule has 0 saturated heterocycles. The minimum Gasteiger partial charge on any atom is -0.310 e. The third-order valence-corrected chi connectivity index (χ3v) is 11.1. The Hall–Kier alpha value is -6.20. The number of rotatable bonds is 4. The van der Waals surface area contributed by atoms with Gasteiger partial charge in [0.1, 0.15) is 11.6 Å². The summed E-state index contributed by atoms with van der Waals surface area (Å²) in [6.07, 6.45) is 3.79. The van der Waals surface area contributed by atoms with Gasteiger partial charge >= 0.3 is 0 Å². The first-order valence-electron chi connectivity index (χ1n) is 18.1. The van der Waals surface area contributed by atoms with Gasteiger partial charge in [0.25, 0.3) is 0 Å². The number of pyridine rings is 2. The first-order valence-corrected chi connectivity index (χ1v) is 18.1. The Morgan fingerprint density at radius 2 is 1.17 bits per heavy atom. The lowest BCUT2D eigenvalue weighted by Crippen LogP contribution is -2.28. The average molecular weight is 674 g/mol. The standard InChI is InChI=1S/C47H39N5/c1-46(2,3)30-26-37-36-23-21-33(29-42(36)52-44(37)39(27-30)47(4,5)38-17-13-25-49-45(38)52)50(31-14-7-6-8-15-31)32-20-22-35-34-16-9-10-18-40(34)51(41(35)28-32)43-19-11-12-24-48-43/h6-29H,1-5H3. The third kappa shape index (κ3) is 4.35. The fraction of sp³-hybridized carbons (Fsp3) is 0.149.